The smallest absolute Gasteiger partial charge is 0.265 e. The van der Waals surface area contributed by atoms with Crippen LogP contribution in [-0.2, 0) is 4.79 Å². The molecule has 0 fully saturated rings. The largest absolute Gasteiger partial charge is 0.476 e. The van der Waals surface area contributed by atoms with Gasteiger partial charge in [-0.15, -0.1) is 12.4 Å². The van der Waals surface area contributed by atoms with Crippen molar-refractivity contribution >= 4 is 18.3 Å². The Hall–Kier alpha value is -2.04. The molecule has 0 saturated carbocycles. The van der Waals surface area contributed by atoms with Crippen molar-refractivity contribution in [3.8, 4) is 5.75 Å². The summed E-state index contributed by atoms with van der Waals surface area (Å²) < 4.78 is 5.90. The third-order valence-corrected chi connectivity index (χ3v) is 3.41. The number of nitrogens with one attached hydrogen (secondary N) is 2. The van der Waals surface area contributed by atoms with Gasteiger partial charge in [0.2, 0.25) is 6.10 Å². The van der Waals surface area contributed by atoms with Crippen LogP contribution >= 0.6 is 12.4 Å². The van der Waals surface area contributed by atoms with Gasteiger partial charge in [0.25, 0.3) is 5.91 Å². The van der Waals surface area contributed by atoms with Crippen LogP contribution in [0.3, 0.4) is 0 Å². The minimum absolute atomic E-state index is 0. The second kappa shape index (κ2) is 9.87. The summed E-state index contributed by atoms with van der Waals surface area (Å²) in [5.74, 6) is 0.533. The minimum atomic E-state index is -0.660. The number of amides is 1. The van der Waals surface area contributed by atoms with E-state index in [4.69, 9.17) is 4.74 Å². The molecule has 0 aliphatic carbocycles. The van der Waals surface area contributed by atoms with E-state index in [1.165, 1.54) is 0 Å². The van der Waals surface area contributed by atoms with Gasteiger partial charge in [-0.1, -0.05) is 48.5 Å². The molecule has 0 radical (unpaired) electrons. The fraction of sp³-hybridized carbons (Fsp3) is 0.278. The number of ether oxygens (including phenoxy) is 1. The number of carbonyl (C=O) groups excluding carboxylic acids is 1. The number of halogens is 1. The highest BCUT2D eigenvalue weighted by Gasteiger charge is 2.22. The summed E-state index contributed by atoms with van der Waals surface area (Å²) in [6.45, 7) is 2.56. The van der Waals surface area contributed by atoms with Crippen LogP contribution in [0.2, 0.25) is 0 Å². The van der Waals surface area contributed by atoms with Crippen LogP contribution in [-0.4, -0.2) is 25.5 Å². The molecule has 23 heavy (non-hydrogen) atoms. The first-order chi connectivity index (χ1) is 10.7. The van der Waals surface area contributed by atoms with Crippen LogP contribution in [0.4, 0.5) is 0 Å². The normalized spacial score (nSPS) is 12.6. The monoisotopic (exact) mass is 334 g/mol. The van der Waals surface area contributed by atoms with E-state index in [0.717, 1.165) is 5.56 Å². The summed E-state index contributed by atoms with van der Waals surface area (Å²) in [5, 5.41) is 6.02. The van der Waals surface area contributed by atoms with Crippen LogP contribution in [0.15, 0.2) is 60.7 Å². The van der Waals surface area contributed by atoms with Crippen molar-refractivity contribution in [2.24, 2.45) is 0 Å². The maximum Gasteiger partial charge on any atom is 0.265 e. The van der Waals surface area contributed by atoms with E-state index >= 15 is 0 Å². The van der Waals surface area contributed by atoms with Crippen LogP contribution in [0.1, 0.15) is 18.6 Å². The first-order valence-corrected chi connectivity index (χ1v) is 7.42. The molecule has 0 aliphatic heterocycles. The van der Waals surface area contributed by atoms with Crippen molar-refractivity contribution in [3.05, 3.63) is 66.2 Å². The molecule has 4 nitrogen and oxygen atoms in total. The maximum absolute atomic E-state index is 12.5. The third-order valence-electron chi connectivity index (χ3n) is 3.41. The van der Waals surface area contributed by atoms with Crippen molar-refractivity contribution in [3.63, 3.8) is 0 Å². The molecule has 2 aromatic rings. The zero-order valence-corrected chi connectivity index (χ0v) is 14.2. The molecule has 0 bridgehead atoms. The predicted octanol–water partition coefficient (Wildman–Crippen LogP) is 2.95. The summed E-state index contributed by atoms with van der Waals surface area (Å²) >= 11 is 0. The second-order valence-corrected chi connectivity index (χ2v) is 5.16. The molecule has 2 aromatic carbocycles. The van der Waals surface area contributed by atoms with Crippen molar-refractivity contribution in [1.29, 1.82) is 0 Å². The highest BCUT2D eigenvalue weighted by atomic mass is 35.5. The first-order valence-electron chi connectivity index (χ1n) is 7.42. The van der Waals surface area contributed by atoms with E-state index in [1.807, 2.05) is 74.6 Å². The number of hydrogen-bond donors (Lipinski definition) is 2. The SMILES string of the molecule is CNC(C)CNC(=O)C(Oc1ccccc1)c1ccccc1.Cl. The van der Waals surface area contributed by atoms with Crippen molar-refractivity contribution in [2.75, 3.05) is 13.6 Å². The van der Waals surface area contributed by atoms with E-state index in [-0.39, 0.29) is 24.4 Å². The fourth-order valence-electron chi connectivity index (χ4n) is 1.98. The second-order valence-electron chi connectivity index (χ2n) is 5.16. The van der Waals surface area contributed by atoms with E-state index < -0.39 is 6.10 Å². The molecule has 5 heteroatoms. The van der Waals surface area contributed by atoms with Gasteiger partial charge >= 0.3 is 0 Å². The van der Waals surface area contributed by atoms with Crippen LogP contribution in [0, 0.1) is 0 Å². The Kier molecular flexibility index (Phi) is 8.16. The lowest BCUT2D eigenvalue weighted by molar-refractivity contribution is -0.128. The summed E-state index contributed by atoms with van der Waals surface area (Å²) in [5.41, 5.74) is 0.834. The summed E-state index contributed by atoms with van der Waals surface area (Å²) in [4.78, 5) is 12.5. The number of rotatable bonds is 7. The molecule has 2 unspecified atom stereocenters. The van der Waals surface area contributed by atoms with Gasteiger partial charge in [0.1, 0.15) is 5.75 Å². The van der Waals surface area contributed by atoms with Gasteiger partial charge in [-0.25, -0.2) is 0 Å². The Bertz CT molecular complexity index is 578. The quantitative estimate of drug-likeness (QED) is 0.818. The Labute approximate surface area is 143 Å². The molecule has 0 aliphatic rings. The van der Waals surface area contributed by atoms with Crippen molar-refractivity contribution in [2.45, 2.75) is 19.1 Å². The third kappa shape index (κ3) is 5.93. The number of benzene rings is 2. The van der Waals surface area contributed by atoms with Crippen LogP contribution < -0.4 is 15.4 Å². The molecular formula is C18H23ClN2O2. The summed E-state index contributed by atoms with van der Waals surface area (Å²) in [6, 6.07) is 19.1. The topological polar surface area (TPSA) is 50.4 Å². The highest BCUT2D eigenvalue weighted by molar-refractivity contribution is 5.85. The highest BCUT2D eigenvalue weighted by Crippen LogP contribution is 2.21. The van der Waals surface area contributed by atoms with E-state index in [9.17, 15) is 4.79 Å². The Morgan fingerprint density at radius 3 is 2.17 bits per heavy atom. The number of para-hydroxylation sites is 1. The van der Waals surface area contributed by atoms with Crippen molar-refractivity contribution < 1.29 is 9.53 Å². The molecule has 0 spiro atoms. The molecule has 2 rings (SSSR count). The zero-order valence-electron chi connectivity index (χ0n) is 13.4. The minimum Gasteiger partial charge on any atom is -0.476 e. The van der Waals surface area contributed by atoms with E-state index in [0.29, 0.717) is 12.3 Å². The Morgan fingerprint density at radius 1 is 1.04 bits per heavy atom. The number of hydrogen-bond acceptors (Lipinski definition) is 3. The van der Waals surface area contributed by atoms with Gasteiger partial charge in [-0.2, -0.15) is 0 Å². The van der Waals surface area contributed by atoms with Crippen LogP contribution in [0.5, 0.6) is 5.75 Å². The van der Waals surface area contributed by atoms with Crippen LogP contribution in [0.25, 0.3) is 0 Å². The van der Waals surface area contributed by atoms with Gasteiger partial charge < -0.3 is 15.4 Å². The lowest BCUT2D eigenvalue weighted by atomic mass is 10.1. The zero-order chi connectivity index (χ0) is 15.8. The Balaban J connectivity index is 0.00000264. The summed E-state index contributed by atoms with van der Waals surface area (Å²) in [7, 11) is 1.87. The first kappa shape index (κ1) is 19.0. The molecular weight excluding hydrogens is 312 g/mol. The fourth-order valence-corrected chi connectivity index (χ4v) is 1.98. The molecule has 0 heterocycles. The standard InChI is InChI=1S/C18H22N2O2.ClH/c1-14(19-2)13-20-18(21)17(15-9-5-3-6-10-15)22-16-11-7-4-8-12-16;/h3-12,14,17,19H,13H2,1-2H3,(H,20,21);1H. The van der Waals surface area contributed by atoms with Gasteiger partial charge in [-0.3, -0.25) is 4.79 Å². The van der Waals surface area contributed by atoms with Gasteiger partial charge in [0.05, 0.1) is 0 Å². The molecule has 124 valence electrons. The van der Waals surface area contributed by atoms with Gasteiger partial charge in [0, 0.05) is 18.2 Å². The van der Waals surface area contributed by atoms with E-state index in [1.54, 1.807) is 0 Å². The predicted molar refractivity (Wildman–Crippen MR) is 95.0 cm³/mol. The van der Waals surface area contributed by atoms with E-state index in [2.05, 4.69) is 10.6 Å². The Morgan fingerprint density at radius 2 is 1.61 bits per heavy atom. The lowest BCUT2D eigenvalue weighted by Crippen LogP contribution is -2.40. The molecule has 0 aromatic heterocycles. The molecule has 1 amide bonds. The average molecular weight is 335 g/mol. The maximum atomic E-state index is 12.5. The molecule has 2 N–H and O–H groups in total. The average Bonchev–Trinajstić information content (AvgIpc) is 2.59. The number of carbonyl (C=O) groups is 1. The lowest BCUT2D eigenvalue weighted by Gasteiger charge is -2.20. The van der Waals surface area contributed by atoms with Crippen molar-refractivity contribution in [1.82, 2.24) is 10.6 Å². The molecule has 0 saturated heterocycles. The van der Waals surface area contributed by atoms with Gasteiger partial charge in [-0.05, 0) is 26.1 Å². The van der Waals surface area contributed by atoms with Gasteiger partial charge in [0.15, 0.2) is 0 Å². The summed E-state index contributed by atoms with van der Waals surface area (Å²) in [6.07, 6.45) is -0.660. The number of likely N-dealkylation sites (N-methyl/N-ethyl adjacent to an activating group) is 1. The molecule has 2 atom stereocenters.